The third-order valence-electron chi connectivity index (χ3n) is 19.6. The maximum Gasteiger partial charge on any atom is 0.248 e. The minimum atomic E-state index is -0.806. The fraction of sp³-hybridized carbons (Fsp3) is 0.412. The summed E-state index contributed by atoms with van der Waals surface area (Å²) >= 11 is 0. The molecule has 0 aliphatic rings. The van der Waals surface area contributed by atoms with E-state index >= 15 is 0 Å². The van der Waals surface area contributed by atoms with Crippen LogP contribution in [0.3, 0.4) is 0 Å². The van der Waals surface area contributed by atoms with Crippen LogP contribution in [-0.4, -0.2) is 220 Å². The molecule has 30 heteroatoms. The maximum atomic E-state index is 12.6. The van der Waals surface area contributed by atoms with Gasteiger partial charge in [0.05, 0.1) is 62.3 Å². The number of carbonyl (C=O) groups excluding carboxylic acids is 15. The van der Waals surface area contributed by atoms with E-state index in [-0.39, 0.29) is 97.2 Å². The van der Waals surface area contributed by atoms with E-state index in [4.69, 9.17) is 0 Å². The standard InChI is InChI=1S/C22H27N3O3.C21H25N3O3.C19H29N3O3.C18H27N3O3.C17H25N3O3/c1-16(23-20(26)15-18-12-8-5-9-13-18)21(27)24-22(28)19(25(2)3)14-17-10-6-4-7-11-17;1-15(23-19(25)14-17-11-7-4-8-12-17)20(26)24-21(27)18(22-2)13-16-9-5-3-6-10-16;1-13(2)11-16(22(4)5)19(25)21-18(24)14(3)20-17(23)12-15-9-7-6-8-10-15;1-12(2)16(21(4)5)18(24)20-17(23)13(3)19-15(22)11-14-9-7-6-8-10-14;1-11(2)15(18-4)17(23)20-16(22)12(3)19-14(21)10-13-8-6-5-7-9-13/h4-13,16,19H,14-15H2,1-3H3,(H,23,26)(H,24,27,28);3-12,15,18,22H,13-14H2,1-2H3,(H,23,25)(H,24,26,27);6-10,13-14,16H,11-12H2,1-5H3,(H,20,23)(H,21,24,25);6-10,12-13,16H,11H2,1-5H3,(H,19,22)(H,20,23,24);5-9,11-12,15,18H,10H2,1-4H3,(H,19,21)(H,20,22,23)/t16-,19-;15-,18-;14-,16-;13-,16-;12-,15-/m00000/s1. The van der Waals surface area contributed by atoms with Crippen molar-refractivity contribution in [1.29, 1.82) is 0 Å². The van der Waals surface area contributed by atoms with Gasteiger partial charge in [-0.1, -0.05) is 254 Å². The molecule has 7 aromatic carbocycles. The van der Waals surface area contributed by atoms with Crippen LogP contribution in [0.5, 0.6) is 0 Å². The molecule has 0 fully saturated rings. The second-order valence-electron chi connectivity index (χ2n) is 32.5. The lowest BCUT2D eigenvalue weighted by atomic mass is 10.0. The van der Waals surface area contributed by atoms with Crippen LogP contribution in [-0.2, 0) is 117 Å². The Morgan fingerprint density at radius 3 is 0.717 bits per heavy atom. The molecule has 0 aliphatic carbocycles. The Hall–Kier alpha value is -12.6. The Kier molecular flexibility index (Phi) is 50.1. The molecule has 0 unspecified atom stereocenters. The number of benzene rings is 7. The fourth-order valence-corrected chi connectivity index (χ4v) is 12.7. The second-order valence-corrected chi connectivity index (χ2v) is 32.5. The van der Waals surface area contributed by atoms with E-state index < -0.39 is 95.7 Å². The van der Waals surface area contributed by atoms with Crippen LogP contribution in [0.15, 0.2) is 212 Å². The third kappa shape index (κ3) is 43.7. The van der Waals surface area contributed by atoms with Gasteiger partial charge in [0, 0.05) is 0 Å². The van der Waals surface area contributed by atoms with Crippen LogP contribution in [0.1, 0.15) is 122 Å². The van der Waals surface area contributed by atoms with Crippen molar-refractivity contribution in [2.24, 2.45) is 17.8 Å². The van der Waals surface area contributed by atoms with Crippen LogP contribution < -0.4 is 63.8 Å². The lowest BCUT2D eigenvalue weighted by Crippen LogP contribution is -2.53. The predicted octanol–water partition coefficient (Wildman–Crippen LogP) is 5.69. The van der Waals surface area contributed by atoms with Crippen molar-refractivity contribution < 1.29 is 71.9 Å². The molecular formula is C97H133N15O15. The average Bonchev–Trinajstić information content (AvgIpc) is 0.873. The SMILES string of the molecule is CC(C)C[C@@H](C(=O)NC(=O)[C@H](C)NC(=O)Cc1ccccc1)N(C)C.CC(C)[C@@H](C(=O)NC(=O)[C@H](C)NC(=O)Cc1ccccc1)N(C)C.CN[C@@H](Cc1ccccc1)C(=O)NC(=O)[C@H](C)NC(=O)Cc1ccccc1.CN[C@H](C(=O)NC(=O)[C@H](C)NC(=O)Cc1ccccc1)C(C)C.C[C@H](NC(=O)Cc1ccccc1)C(=O)NC(=O)[C@H](Cc1ccccc1)N(C)C. The molecule has 0 aliphatic heterocycles. The Bertz CT molecular complexity index is 4580. The van der Waals surface area contributed by atoms with Gasteiger partial charge in [0.1, 0.15) is 30.2 Å². The summed E-state index contributed by atoms with van der Waals surface area (Å²) in [7, 11) is 14.1. The van der Waals surface area contributed by atoms with Crippen molar-refractivity contribution in [2.45, 2.75) is 188 Å². The minimum absolute atomic E-state index is 0.0516. The van der Waals surface area contributed by atoms with Crippen molar-refractivity contribution in [1.82, 2.24) is 78.5 Å². The lowest BCUT2D eigenvalue weighted by Gasteiger charge is -2.26. The smallest absolute Gasteiger partial charge is 0.248 e. The first kappa shape index (κ1) is 109. The number of hydrogen-bond acceptors (Lipinski definition) is 20. The summed E-state index contributed by atoms with van der Waals surface area (Å²) in [5.41, 5.74) is 6.32. The summed E-state index contributed by atoms with van der Waals surface area (Å²) in [6.45, 7) is 19.5. The molecule has 0 saturated heterocycles. The van der Waals surface area contributed by atoms with E-state index in [1.807, 2.05) is 268 Å². The van der Waals surface area contributed by atoms with Gasteiger partial charge in [0.2, 0.25) is 88.6 Å². The van der Waals surface area contributed by atoms with E-state index in [0.29, 0.717) is 25.2 Å². The van der Waals surface area contributed by atoms with Crippen LogP contribution >= 0.6 is 0 Å². The van der Waals surface area contributed by atoms with Crippen LogP contribution in [0.2, 0.25) is 0 Å². The number of imide groups is 5. The zero-order chi connectivity index (χ0) is 94.8. The lowest BCUT2D eigenvalue weighted by molar-refractivity contribution is -0.137. The molecule has 0 heterocycles. The molecule has 0 aromatic heterocycles. The molecule has 0 spiro atoms. The highest BCUT2D eigenvalue weighted by molar-refractivity contribution is 6.04. The number of nitrogens with one attached hydrogen (secondary N) is 12. The van der Waals surface area contributed by atoms with E-state index in [1.165, 1.54) is 0 Å². The van der Waals surface area contributed by atoms with Gasteiger partial charge in [-0.2, -0.15) is 0 Å². The first-order valence-electron chi connectivity index (χ1n) is 42.4. The Morgan fingerprint density at radius 1 is 0.252 bits per heavy atom. The molecule has 127 heavy (non-hydrogen) atoms. The normalized spacial score (nSPS) is 13.1. The molecule has 12 N–H and O–H groups in total. The zero-order valence-corrected chi connectivity index (χ0v) is 76.8. The fourth-order valence-electron chi connectivity index (χ4n) is 12.7. The van der Waals surface area contributed by atoms with Gasteiger partial charge in [-0.15, -0.1) is 0 Å². The number of nitrogens with zero attached hydrogens (tertiary/aromatic N) is 3. The molecule has 0 bridgehead atoms. The van der Waals surface area contributed by atoms with E-state index in [1.54, 1.807) is 91.6 Å². The van der Waals surface area contributed by atoms with E-state index in [9.17, 15) is 71.9 Å². The van der Waals surface area contributed by atoms with Gasteiger partial charge in [-0.05, 0) is 167 Å². The van der Waals surface area contributed by atoms with Crippen molar-refractivity contribution in [3.63, 3.8) is 0 Å². The van der Waals surface area contributed by atoms with E-state index in [2.05, 4.69) is 63.8 Å². The van der Waals surface area contributed by atoms with Gasteiger partial charge < -0.3 is 37.2 Å². The molecule has 7 aromatic rings. The van der Waals surface area contributed by atoms with Gasteiger partial charge in [-0.25, -0.2) is 0 Å². The summed E-state index contributed by atoms with van der Waals surface area (Å²) in [5.74, 6) is -5.35. The van der Waals surface area contributed by atoms with Crippen LogP contribution in [0.25, 0.3) is 0 Å². The molecule has 10 atom stereocenters. The Balaban J connectivity index is 0.000000410. The first-order valence-corrected chi connectivity index (χ1v) is 42.4. The van der Waals surface area contributed by atoms with Gasteiger partial charge in [0.25, 0.3) is 0 Å². The van der Waals surface area contributed by atoms with Crippen LogP contribution in [0.4, 0.5) is 0 Å². The summed E-state index contributed by atoms with van der Waals surface area (Å²) < 4.78 is 0. The second kappa shape index (κ2) is 58.6. The highest BCUT2D eigenvalue weighted by atomic mass is 16.2. The highest BCUT2D eigenvalue weighted by Gasteiger charge is 2.32. The topological polar surface area (TPSA) is 410 Å². The van der Waals surface area contributed by atoms with Gasteiger partial charge in [-0.3, -0.25) is 113 Å². The third-order valence-corrected chi connectivity index (χ3v) is 19.6. The number of rotatable bonds is 38. The molecule has 30 nitrogen and oxygen atoms in total. The van der Waals surface area contributed by atoms with Crippen molar-refractivity contribution in [3.8, 4) is 0 Å². The summed E-state index contributed by atoms with van der Waals surface area (Å²) in [6, 6.07) is 59.3. The Labute approximate surface area is 748 Å². The molecule has 7 rings (SSSR count). The number of amides is 15. The monoisotopic (exact) mass is 1750 g/mol. The minimum Gasteiger partial charge on any atom is -0.344 e. The number of hydrogen-bond donors (Lipinski definition) is 12. The predicted molar refractivity (Wildman–Crippen MR) is 492 cm³/mol. The highest BCUT2D eigenvalue weighted by Crippen LogP contribution is 2.14. The molecule has 0 radical (unpaired) electrons. The van der Waals surface area contributed by atoms with Crippen LogP contribution in [0, 0.1) is 17.8 Å². The van der Waals surface area contributed by atoms with Crippen molar-refractivity contribution in [3.05, 3.63) is 251 Å². The van der Waals surface area contributed by atoms with Gasteiger partial charge >= 0.3 is 0 Å². The maximum absolute atomic E-state index is 12.6. The quantitative estimate of drug-likeness (QED) is 0.0221. The largest absolute Gasteiger partial charge is 0.344 e. The summed E-state index contributed by atoms with van der Waals surface area (Å²) in [4.78, 5) is 188. The Morgan fingerprint density at radius 2 is 0.488 bits per heavy atom. The van der Waals surface area contributed by atoms with Crippen molar-refractivity contribution in [2.75, 3.05) is 56.4 Å². The first-order chi connectivity index (χ1) is 60.1. The summed E-state index contributed by atoms with van der Waals surface area (Å²) in [5, 5.41) is 30.8. The summed E-state index contributed by atoms with van der Waals surface area (Å²) in [6.07, 6.45) is 2.55. The van der Waals surface area contributed by atoms with Gasteiger partial charge in [0.15, 0.2) is 0 Å². The number of carbonyl (C=O) groups is 15. The van der Waals surface area contributed by atoms with Crippen molar-refractivity contribution >= 4 is 88.6 Å². The molecule has 0 saturated carbocycles. The average molecular weight is 1750 g/mol. The number of likely N-dealkylation sites (N-methyl/N-ethyl adjacent to an activating group) is 5. The zero-order valence-electron chi connectivity index (χ0n) is 76.8. The molecule has 686 valence electrons. The van der Waals surface area contributed by atoms with E-state index in [0.717, 1.165) is 38.9 Å². The molecule has 15 amide bonds. The molecular weight excluding hydrogens is 1620 g/mol.